The van der Waals surface area contributed by atoms with Gasteiger partial charge >= 0.3 is 0 Å². The summed E-state index contributed by atoms with van der Waals surface area (Å²) in [5, 5.41) is 9.03. The number of hydrogen-bond acceptors (Lipinski definition) is 5. The van der Waals surface area contributed by atoms with E-state index in [4.69, 9.17) is 0 Å². The van der Waals surface area contributed by atoms with Crippen molar-refractivity contribution >= 4 is 46.5 Å². The second kappa shape index (κ2) is 8.85. The molecule has 0 radical (unpaired) electrons. The molecule has 1 aromatic carbocycles. The van der Waals surface area contributed by atoms with Gasteiger partial charge in [0.15, 0.2) is 5.13 Å². The summed E-state index contributed by atoms with van der Waals surface area (Å²) in [6, 6.07) is 8.73. The Hall–Kier alpha value is -1.08. The van der Waals surface area contributed by atoms with Gasteiger partial charge in [-0.15, -0.1) is 35.5 Å². The Morgan fingerprint density at radius 3 is 2.79 bits per heavy atom. The number of thioether (sulfide) groups is 1. The zero-order valence-electron chi connectivity index (χ0n) is 13.7. The van der Waals surface area contributed by atoms with E-state index in [-0.39, 0.29) is 24.2 Å². The third kappa shape index (κ3) is 4.72. The lowest BCUT2D eigenvalue weighted by molar-refractivity contribution is -0.120. The molecule has 0 aliphatic carbocycles. The van der Waals surface area contributed by atoms with E-state index in [2.05, 4.69) is 53.1 Å². The van der Waals surface area contributed by atoms with Crippen LogP contribution < -0.4 is 10.6 Å². The van der Waals surface area contributed by atoms with Crippen LogP contribution in [0.15, 0.2) is 34.5 Å². The molecule has 3 rings (SSSR count). The number of thiazole rings is 1. The smallest absolute Gasteiger partial charge is 0.229 e. The fourth-order valence-electron chi connectivity index (χ4n) is 2.80. The summed E-state index contributed by atoms with van der Waals surface area (Å²) in [6.45, 7) is 3.03. The van der Waals surface area contributed by atoms with Crippen LogP contribution in [0.3, 0.4) is 0 Å². The van der Waals surface area contributed by atoms with Gasteiger partial charge in [-0.2, -0.15) is 0 Å². The molecule has 0 saturated carbocycles. The summed E-state index contributed by atoms with van der Waals surface area (Å²) in [4.78, 5) is 18.2. The summed E-state index contributed by atoms with van der Waals surface area (Å²) in [5.74, 6) is 0.177. The zero-order chi connectivity index (χ0) is 16.2. The molecule has 1 aliphatic heterocycles. The molecule has 2 heterocycles. The highest BCUT2D eigenvalue weighted by atomic mass is 35.5. The molecule has 7 heteroatoms. The largest absolute Gasteiger partial charge is 0.314 e. The van der Waals surface area contributed by atoms with Crippen LogP contribution in [0.2, 0.25) is 0 Å². The first kappa shape index (κ1) is 19.2. The van der Waals surface area contributed by atoms with Crippen LogP contribution in [0.1, 0.15) is 19.8 Å². The second-order valence-electron chi connectivity index (χ2n) is 5.83. The van der Waals surface area contributed by atoms with Crippen LogP contribution in [0.4, 0.5) is 5.13 Å². The maximum absolute atomic E-state index is 12.4. The van der Waals surface area contributed by atoms with E-state index in [1.165, 1.54) is 16.2 Å². The average Bonchev–Trinajstić information content (AvgIpc) is 3.03. The summed E-state index contributed by atoms with van der Waals surface area (Å²) in [7, 11) is 0. The number of rotatable bonds is 4. The Morgan fingerprint density at radius 1 is 1.38 bits per heavy atom. The maximum Gasteiger partial charge on any atom is 0.229 e. The predicted octanol–water partition coefficient (Wildman–Crippen LogP) is 4.28. The minimum atomic E-state index is 0. The normalized spacial score (nSPS) is 20.2. The molecule has 1 aromatic heterocycles. The molecule has 1 aliphatic rings. The molecule has 1 amide bonds. The van der Waals surface area contributed by atoms with Crippen molar-refractivity contribution in [2.45, 2.75) is 30.7 Å². The Labute approximate surface area is 157 Å². The molecule has 0 spiro atoms. The number of carbonyl (C=O) groups is 1. The minimum Gasteiger partial charge on any atom is -0.314 e. The Bertz CT molecular complexity index is 675. The number of amides is 1. The first-order chi connectivity index (χ1) is 11.2. The van der Waals surface area contributed by atoms with E-state index >= 15 is 0 Å². The van der Waals surface area contributed by atoms with Gasteiger partial charge in [-0.1, -0.05) is 12.1 Å². The number of halogens is 1. The molecular weight excluding hydrogens is 362 g/mol. The first-order valence-corrected chi connectivity index (χ1v) is 9.90. The fourth-order valence-corrected chi connectivity index (χ4v) is 3.93. The van der Waals surface area contributed by atoms with Gasteiger partial charge in [-0.3, -0.25) is 4.79 Å². The molecule has 24 heavy (non-hydrogen) atoms. The third-order valence-corrected chi connectivity index (χ3v) is 5.62. The standard InChI is InChI=1S/C17H21N3OS2.ClH/c1-11-9-13(7-8-18-11)16(21)20-17-19-15(10-23-17)12-3-5-14(22-2)6-4-12;/h3-6,10-11,13,18H,7-9H2,1-2H3,(H,19,20,21);1H/t11-,13-;/m0./s1. The van der Waals surface area contributed by atoms with Crippen molar-refractivity contribution in [1.82, 2.24) is 10.3 Å². The van der Waals surface area contributed by atoms with Gasteiger partial charge in [0.05, 0.1) is 5.69 Å². The number of nitrogens with one attached hydrogen (secondary N) is 2. The summed E-state index contributed by atoms with van der Waals surface area (Å²) < 4.78 is 0. The number of anilines is 1. The lowest BCUT2D eigenvalue weighted by Crippen LogP contribution is -2.40. The van der Waals surface area contributed by atoms with Crippen molar-refractivity contribution < 1.29 is 4.79 Å². The minimum absolute atomic E-state index is 0. The first-order valence-electron chi connectivity index (χ1n) is 7.80. The molecule has 4 nitrogen and oxygen atoms in total. The van der Waals surface area contributed by atoms with E-state index in [0.29, 0.717) is 11.2 Å². The molecule has 2 N–H and O–H groups in total. The van der Waals surface area contributed by atoms with Crippen LogP contribution in [0, 0.1) is 5.92 Å². The quantitative estimate of drug-likeness (QED) is 0.773. The molecule has 2 atom stereocenters. The Morgan fingerprint density at radius 2 is 2.12 bits per heavy atom. The lowest BCUT2D eigenvalue weighted by atomic mass is 9.92. The fraction of sp³-hybridized carbons (Fsp3) is 0.412. The van der Waals surface area contributed by atoms with Crippen molar-refractivity contribution in [2.24, 2.45) is 5.92 Å². The highest BCUT2D eigenvalue weighted by Crippen LogP contribution is 2.27. The monoisotopic (exact) mass is 383 g/mol. The van der Waals surface area contributed by atoms with Gasteiger partial charge in [0.25, 0.3) is 0 Å². The Kier molecular flexibility index (Phi) is 7.10. The van der Waals surface area contributed by atoms with Crippen molar-refractivity contribution in [3.63, 3.8) is 0 Å². The highest BCUT2D eigenvalue weighted by molar-refractivity contribution is 7.98. The number of piperidine rings is 1. The average molecular weight is 384 g/mol. The van der Waals surface area contributed by atoms with Crippen LogP contribution in [0.25, 0.3) is 11.3 Å². The van der Waals surface area contributed by atoms with Gasteiger partial charge in [0.2, 0.25) is 5.91 Å². The molecule has 130 valence electrons. The number of benzene rings is 1. The molecular formula is C17H22ClN3OS2. The van der Waals surface area contributed by atoms with Gasteiger partial charge < -0.3 is 10.6 Å². The summed E-state index contributed by atoms with van der Waals surface area (Å²) >= 11 is 3.21. The van der Waals surface area contributed by atoms with E-state index < -0.39 is 0 Å². The molecule has 1 fully saturated rings. The van der Waals surface area contributed by atoms with E-state index in [0.717, 1.165) is 30.6 Å². The van der Waals surface area contributed by atoms with Gasteiger partial charge in [-0.25, -0.2) is 4.98 Å². The van der Waals surface area contributed by atoms with E-state index in [1.807, 2.05) is 5.38 Å². The van der Waals surface area contributed by atoms with Crippen molar-refractivity contribution in [2.75, 3.05) is 18.1 Å². The lowest BCUT2D eigenvalue weighted by Gasteiger charge is -2.26. The number of hydrogen-bond donors (Lipinski definition) is 2. The van der Waals surface area contributed by atoms with Gasteiger partial charge in [0, 0.05) is 27.8 Å². The van der Waals surface area contributed by atoms with E-state index in [1.54, 1.807) is 11.8 Å². The molecule has 0 bridgehead atoms. The van der Waals surface area contributed by atoms with Gasteiger partial charge in [-0.05, 0) is 44.7 Å². The van der Waals surface area contributed by atoms with Gasteiger partial charge in [0.1, 0.15) is 0 Å². The number of carbonyl (C=O) groups excluding carboxylic acids is 1. The topological polar surface area (TPSA) is 54.0 Å². The second-order valence-corrected chi connectivity index (χ2v) is 7.57. The molecule has 1 saturated heterocycles. The van der Waals surface area contributed by atoms with Crippen LogP contribution in [0.5, 0.6) is 0 Å². The highest BCUT2D eigenvalue weighted by Gasteiger charge is 2.25. The Balaban J connectivity index is 0.00000208. The third-order valence-electron chi connectivity index (χ3n) is 4.11. The SMILES string of the molecule is CSc1ccc(-c2csc(NC(=O)[C@H]3CCN[C@@H](C)C3)n2)cc1.Cl. The van der Waals surface area contributed by atoms with Crippen molar-refractivity contribution in [1.29, 1.82) is 0 Å². The van der Waals surface area contributed by atoms with Crippen molar-refractivity contribution in [3.05, 3.63) is 29.6 Å². The molecule has 0 unspecified atom stereocenters. The predicted molar refractivity (Wildman–Crippen MR) is 105 cm³/mol. The maximum atomic E-state index is 12.4. The van der Waals surface area contributed by atoms with Crippen molar-refractivity contribution in [3.8, 4) is 11.3 Å². The van der Waals surface area contributed by atoms with Crippen LogP contribution in [-0.2, 0) is 4.79 Å². The zero-order valence-corrected chi connectivity index (χ0v) is 16.2. The van der Waals surface area contributed by atoms with E-state index in [9.17, 15) is 4.79 Å². The summed E-state index contributed by atoms with van der Waals surface area (Å²) in [5.41, 5.74) is 1.99. The number of nitrogens with zero attached hydrogens (tertiary/aromatic N) is 1. The van der Waals surface area contributed by atoms with Crippen LogP contribution in [-0.4, -0.2) is 29.7 Å². The van der Waals surface area contributed by atoms with Crippen LogP contribution >= 0.6 is 35.5 Å². The summed E-state index contributed by atoms with van der Waals surface area (Å²) in [6.07, 6.45) is 3.85. The number of aromatic nitrogens is 1. The molecule has 2 aromatic rings.